The molecule has 172 valence electrons. The molecule has 1 aliphatic rings. The van der Waals surface area contributed by atoms with Crippen LogP contribution in [0.4, 0.5) is 22.7 Å². The quantitative estimate of drug-likeness (QED) is 0.339. The minimum atomic E-state index is -1.36. The van der Waals surface area contributed by atoms with Crippen molar-refractivity contribution in [3.8, 4) is 11.1 Å². The Balaban J connectivity index is 2.34. The smallest absolute Gasteiger partial charge is 0.336 e. The summed E-state index contributed by atoms with van der Waals surface area (Å²) in [5.41, 5.74) is -1.67. The highest BCUT2D eigenvalue weighted by Gasteiger charge is 2.43. The van der Waals surface area contributed by atoms with E-state index in [1.807, 2.05) is 0 Å². The van der Waals surface area contributed by atoms with Crippen LogP contribution < -0.4 is 5.48 Å². The number of nitrogens with zero attached hydrogens (tertiary/aromatic N) is 4. The molecule has 0 bridgehead atoms. The highest BCUT2D eigenvalue weighted by Crippen LogP contribution is 2.54. The van der Waals surface area contributed by atoms with E-state index in [4.69, 9.17) is 4.84 Å². The second kappa shape index (κ2) is 8.52. The predicted molar refractivity (Wildman–Crippen MR) is 106 cm³/mol. The van der Waals surface area contributed by atoms with Gasteiger partial charge in [0.25, 0.3) is 22.7 Å². The number of nitrogens with one attached hydrogen (secondary N) is 1. The van der Waals surface area contributed by atoms with Crippen LogP contribution in [0.15, 0.2) is 24.3 Å². The molecule has 0 saturated carbocycles. The third-order valence-corrected chi connectivity index (χ3v) is 4.85. The van der Waals surface area contributed by atoms with E-state index in [2.05, 4.69) is 10.2 Å². The summed E-state index contributed by atoms with van der Waals surface area (Å²) < 4.78 is 4.51. The zero-order valence-electron chi connectivity index (χ0n) is 16.7. The summed E-state index contributed by atoms with van der Waals surface area (Å²) in [6, 6.07) is 1.77. The zero-order valence-corrected chi connectivity index (χ0v) is 16.7. The van der Waals surface area contributed by atoms with Gasteiger partial charge in [0.2, 0.25) is 0 Å². The van der Waals surface area contributed by atoms with E-state index >= 15 is 0 Å². The summed E-state index contributed by atoms with van der Waals surface area (Å²) in [5, 5.41) is 46.1. The summed E-state index contributed by atoms with van der Waals surface area (Å²) in [6.07, 6.45) is -1.23. The molecule has 3 rings (SSSR count). The minimum Gasteiger partial charge on any atom is -0.467 e. The number of ether oxygens (including phenoxy) is 1. The maximum absolute atomic E-state index is 11.7. The SMILES string of the molecule is COC(=O)[C@H](C)ONC1c2cc([N+](=O)[O-])cc([N+](=O)[O-])c2-c2c1cc([N+](=O)[O-])cc2[N+](=O)[O-]. The molecule has 16 heteroatoms. The van der Waals surface area contributed by atoms with Gasteiger partial charge >= 0.3 is 5.97 Å². The molecule has 0 aromatic heterocycles. The van der Waals surface area contributed by atoms with Gasteiger partial charge in [0.15, 0.2) is 6.10 Å². The summed E-state index contributed by atoms with van der Waals surface area (Å²) in [5.74, 6) is -0.823. The Labute approximate surface area is 182 Å². The van der Waals surface area contributed by atoms with E-state index in [-0.39, 0.29) is 22.3 Å². The first-order valence-electron chi connectivity index (χ1n) is 8.90. The fourth-order valence-electron chi connectivity index (χ4n) is 3.44. The number of carbonyl (C=O) groups excluding carboxylic acids is 1. The highest BCUT2D eigenvalue weighted by atomic mass is 16.7. The van der Waals surface area contributed by atoms with Crippen molar-refractivity contribution in [3.05, 3.63) is 75.8 Å². The van der Waals surface area contributed by atoms with E-state index in [0.717, 1.165) is 19.2 Å². The molecule has 1 atom stereocenters. The number of nitro groups is 4. The first-order valence-corrected chi connectivity index (χ1v) is 8.90. The molecular weight excluding hydrogens is 450 g/mol. The molecule has 0 amide bonds. The number of fused-ring (bicyclic) bond motifs is 3. The second-order valence-corrected chi connectivity index (χ2v) is 6.72. The second-order valence-electron chi connectivity index (χ2n) is 6.72. The lowest BCUT2D eigenvalue weighted by molar-refractivity contribution is -0.395. The van der Waals surface area contributed by atoms with Crippen LogP contribution in [0.2, 0.25) is 0 Å². The van der Waals surface area contributed by atoms with Crippen LogP contribution in [0.5, 0.6) is 0 Å². The highest BCUT2D eigenvalue weighted by molar-refractivity contribution is 5.92. The van der Waals surface area contributed by atoms with Crippen molar-refractivity contribution in [3.63, 3.8) is 0 Å². The molecule has 0 unspecified atom stereocenters. The summed E-state index contributed by atoms with van der Waals surface area (Å²) in [4.78, 5) is 59.2. The topological polar surface area (TPSA) is 220 Å². The molecule has 33 heavy (non-hydrogen) atoms. The van der Waals surface area contributed by atoms with Crippen molar-refractivity contribution in [2.75, 3.05) is 7.11 Å². The van der Waals surface area contributed by atoms with Crippen LogP contribution in [-0.2, 0) is 14.4 Å². The molecule has 0 saturated heterocycles. The Hall–Kier alpha value is -4.57. The lowest BCUT2D eigenvalue weighted by atomic mass is 10.0. The number of hydroxylamine groups is 1. The number of carbonyl (C=O) groups is 1. The Kier molecular flexibility index (Phi) is 5.96. The first kappa shape index (κ1) is 23.1. The maximum Gasteiger partial charge on any atom is 0.336 e. The molecular formula is C17H13N5O11. The Morgan fingerprint density at radius 3 is 1.61 bits per heavy atom. The summed E-state index contributed by atoms with van der Waals surface area (Å²) in [7, 11) is 1.09. The Bertz CT molecular complexity index is 1150. The fraction of sp³-hybridized carbons (Fsp3) is 0.235. The van der Waals surface area contributed by atoms with Crippen LogP contribution in [0, 0.1) is 40.5 Å². The van der Waals surface area contributed by atoms with Crippen molar-refractivity contribution < 1.29 is 34.1 Å². The minimum absolute atomic E-state index is 0.174. The van der Waals surface area contributed by atoms with Gasteiger partial charge in [0, 0.05) is 12.1 Å². The number of non-ortho nitro benzene ring substituents is 2. The van der Waals surface area contributed by atoms with Crippen molar-refractivity contribution in [2.45, 2.75) is 19.1 Å². The predicted octanol–water partition coefficient (Wildman–Crippen LogP) is 2.47. The van der Waals surface area contributed by atoms with Gasteiger partial charge in [-0.25, -0.2) is 4.79 Å². The number of rotatable bonds is 8. The molecule has 0 spiro atoms. The van der Waals surface area contributed by atoms with Crippen LogP contribution in [0.1, 0.15) is 24.1 Å². The number of benzene rings is 2. The van der Waals surface area contributed by atoms with Gasteiger partial charge in [-0.2, -0.15) is 5.48 Å². The molecule has 0 heterocycles. The van der Waals surface area contributed by atoms with E-state index in [1.165, 1.54) is 6.92 Å². The average molecular weight is 463 g/mol. The normalized spacial score (nSPS) is 13.0. The first-order chi connectivity index (χ1) is 15.5. The van der Waals surface area contributed by atoms with Crippen LogP contribution in [0.3, 0.4) is 0 Å². The fourth-order valence-corrected chi connectivity index (χ4v) is 3.44. The summed E-state index contributed by atoms with van der Waals surface area (Å²) in [6.45, 7) is 1.28. The van der Waals surface area contributed by atoms with Crippen molar-refractivity contribution in [2.24, 2.45) is 0 Å². The standard InChI is InChI=1S/C17H13N5O11/c1-7(17(23)32-2)33-18-16-10-3-8(19(24)25)5-12(21(28)29)14(10)15-11(16)4-9(20(26)27)6-13(15)22(30)31/h3-7,16,18H,1-2H3/t7-/m0/s1. The van der Waals surface area contributed by atoms with E-state index < -0.39 is 60.6 Å². The molecule has 0 aliphatic heterocycles. The van der Waals surface area contributed by atoms with E-state index in [9.17, 15) is 45.3 Å². The largest absolute Gasteiger partial charge is 0.467 e. The summed E-state index contributed by atoms with van der Waals surface area (Å²) >= 11 is 0. The van der Waals surface area contributed by atoms with Gasteiger partial charge in [-0.1, -0.05) is 0 Å². The van der Waals surface area contributed by atoms with Crippen LogP contribution in [-0.4, -0.2) is 38.9 Å². The number of esters is 1. The molecule has 2 aromatic rings. The van der Waals surface area contributed by atoms with Gasteiger partial charge in [-0.05, 0) is 18.1 Å². The van der Waals surface area contributed by atoms with Gasteiger partial charge in [0.05, 0.1) is 56.1 Å². The number of hydrogen-bond acceptors (Lipinski definition) is 12. The maximum atomic E-state index is 11.7. The van der Waals surface area contributed by atoms with Gasteiger partial charge in [-0.15, -0.1) is 0 Å². The number of nitro benzene ring substituents is 4. The molecule has 1 aliphatic carbocycles. The third kappa shape index (κ3) is 4.02. The zero-order chi connectivity index (χ0) is 24.6. The molecule has 2 aromatic carbocycles. The Morgan fingerprint density at radius 1 is 0.848 bits per heavy atom. The van der Waals surface area contributed by atoms with Crippen molar-refractivity contribution in [1.82, 2.24) is 5.48 Å². The Morgan fingerprint density at radius 2 is 1.27 bits per heavy atom. The van der Waals surface area contributed by atoms with Crippen molar-refractivity contribution >= 4 is 28.7 Å². The van der Waals surface area contributed by atoms with Crippen molar-refractivity contribution in [1.29, 1.82) is 0 Å². The van der Waals surface area contributed by atoms with Gasteiger partial charge < -0.3 is 4.74 Å². The lowest BCUT2D eigenvalue weighted by Crippen LogP contribution is -2.31. The molecule has 16 nitrogen and oxygen atoms in total. The molecule has 0 radical (unpaired) electrons. The lowest BCUT2D eigenvalue weighted by Gasteiger charge is -2.18. The van der Waals surface area contributed by atoms with Crippen LogP contribution >= 0.6 is 0 Å². The van der Waals surface area contributed by atoms with E-state index in [0.29, 0.717) is 12.1 Å². The van der Waals surface area contributed by atoms with Crippen LogP contribution in [0.25, 0.3) is 11.1 Å². The van der Waals surface area contributed by atoms with Gasteiger partial charge in [0.1, 0.15) is 0 Å². The third-order valence-electron chi connectivity index (χ3n) is 4.85. The molecule has 1 N–H and O–H groups in total. The number of methoxy groups -OCH3 is 1. The average Bonchev–Trinajstić information content (AvgIpc) is 3.08. The monoisotopic (exact) mass is 463 g/mol. The van der Waals surface area contributed by atoms with E-state index in [1.54, 1.807) is 0 Å². The van der Waals surface area contributed by atoms with Gasteiger partial charge in [-0.3, -0.25) is 45.3 Å². The number of hydrogen-bond donors (Lipinski definition) is 1. The molecule has 0 fully saturated rings.